The van der Waals surface area contributed by atoms with Gasteiger partial charge in [0, 0.05) is 17.8 Å². The maximum Gasteiger partial charge on any atom is 0.141 e. The monoisotopic (exact) mass is 311 g/mol. The molecule has 2 heterocycles. The van der Waals surface area contributed by atoms with Crippen molar-refractivity contribution in [1.29, 1.82) is 0 Å². The smallest absolute Gasteiger partial charge is 0.141 e. The van der Waals surface area contributed by atoms with Gasteiger partial charge >= 0.3 is 0 Å². The second-order valence-electron chi connectivity index (χ2n) is 7.02. The van der Waals surface area contributed by atoms with Gasteiger partial charge < -0.3 is 4.90 Å². The van der Waals surface area contributed by atoms with Crippen LogP contribution in [0.25, 0.3) is 0 Å². The fourth-order valence-corrected chi connectivity index (χ4v) is 3.77. The molecular weight excluding hydrogens is 286 g/mol. The van der Waals surface area contributed by atoms with Gasteiger partial charge in [0.2, 0.25) is 0 Å². The van der Waals surface area contributed by atoms with Gasteiger partial charge in [0.25, 0.3) is 0 Å². The van der Waals surface area contributed by atoms with E-state index in [0.717, 1.165) is 12.1 Å². The Bertz CT molecular complexity index is 715. The molecule has 2 aromatic rings. The fraction of sp³-hybridized carbons (Fsp3) is 0.500. The van der Waals surface area contributed by atoms with Gasteiger partial charge in [0.15, 0.2) is 0 Å². The van der Waals surface area contributed by atoms with E-state index in [-0.39, 0.29) is 5.54 Å². The lowest BCUT2D eigenvalue weighted by Crippen LogP contribution is -2.48. The van der Waals surface area contributed by atoms with Crippen molar-refractivity contribution in [3.8, 4) is 0 Å². The number of hydrogen-bond acceptors (Lipinski definition) is 4. The minimum atomic E-state index is 0.200. The maximum absolute atomic E-state index is 4.39. The Labute approximate surface area is 138 Å². The Balaban J connectivity index is 2.02. The zero-order chi connectivity index (χ0) is 16.6. The van der Waals surface area contributed by atoms with Crippen LogP contribution >= 0.6 is 0 Å². The summed E-state index contributed by atoms with van der Waals surface area (Å²) < 4.78 is 1.61. The summed E-state index contributed by atoms with van der Waals surface area (Å²) in [7, 11) is 0. The van der Waals surface area contributed by atoms with Gasteiger partial charge in [-0.25, -0.2) is 4.68 Å². The molecule has 1 aliphatic heterocycles. The molecule has 0 radical (unpaired) electrons. The average molecular weight is 311 g/mol. The minimum absolute atomic E-state index is 0.200. The van der Waals surface area contributed by atoms with Crippen LogP contribution in [0.2, 0.25) is 0 Å². The molecule has 5 nitrogen and oxygen atoms in total. The SMILES string of the molecule is CCN1c2cc(C)c(/C=N\n3cnnc3)cc2[C@@H](C)CC1(C)C. The summed E-state index contributed by atoms with van der Waals surface area (Å²) in [5.74, 6) is 0.547. The molecule has 0 unspecified atom stereocenters. The predicted molar refractivity (Wildman–Crippen MR) is 94.3 cm³/mol. The van der Waals surface area contributed by atoms with E-state index in [2.05, 4.69) is 67.0 Å². The van der Waals surface area contributed by atoms with Gasteiger partial charge in [-0.3, -0.25) is 0 Å². The van der Waals surface area contributed by atoms with E-state index in [4.69, 9.17) is 0 Å². The molecule has 1 aliphatic rings. The molecule has 3 rings (SSSR count). The molecule has 1 atom stereocenters. The molecule has 23 heavy (non-hydrogen) atoms. The number of aromatic nitrogens is 3. The van der Waals surface area contributed by atoms with Gasteiger partial charge in [-0.15, -0.1) is 10.2 Å². The number of hydrogen-bond donors (Lipinski definition) is 0. The minimum Gasteiger partial charge on any atom is -0.366 e. The highest BCUT2D eigenvalue weighted by atomic mass is 15.4. The number of fused-ring (bicyclic) bond motifs is 1. The van der Waals surface area contributed by atoms with E-state index < -0.39 is 0 Å². The standard InChI is InChI=1S/C18H25N5/c1-6-23-17-7-13(2)15(10-21-22-11-19-20-12-22)8-16(17)14(3)9-18(23,4)5/h7-8,10-12,14H,6,9H2,1-5H3/b21-10-/t14-/m0/s1. The molecule has 122 valence electrons. The molecule has 5 heteroatoms. The predicted octanol–water partition coefficient (Wildman–Crippen LogP) is 3.58. The first-order valence-electron chi connectivity index (χ1n) is 8.23. The number of rotatable bonds is 3. The maximum atomic E-state index is 4.39. The van der Waals surface area contributed by atoms with Crippen LogP contribution in [0.3, 0.4) is 0 Å². The van der Waals surface area contributed by atoms with Crippen molar-refractivity contribution in [2.75, 3.05) is 11.4 Å². The van der Waals surface area contributed by atoms with Crippen LogP contribution in [0.15, 0.2) is 29.9 Å². The molecular formula is C18H25N5. The Kier molecular flexibility index (Phi) is 3.96. The summed E-state index contributed by atoms with van der Waals surface area (Å²) in [5, 5.41) is 11.9. The van der Waals surface area contributed by atoms with Gasteiger partial charge in [-0.1, -0.05) is 6.92 Å². The topological polar surface area (TPSA) is 46.3 Å². The molecule has 1 aromatic heterocycles. The molecule has 0 fully saturated rings. The lowest BCUT2D eigenvalue weighted by Gasteiger charge is -2.47. The molecule has 0 N–H and O–H groups in total. The van der Waals surface area contributed by atoms with Crippen LogP contribution in [0.4, 0.5) is 5.69 Å². The van der Waals surface area contributed by atoms with E-state index in [9.17, 15) is 0 Å². The number of anilines is 1. The lowest BCUT2D eigenvalue weighted by molar-refractivity contribution is 0.381. The highest BCUT2D eigenvalue weighted by Gasteiger charge is 2.35. The highest BCUT2D eigenvalue weighted by Crippen LogP contribution is 2.43. The summed E-state index contributed by atoms with van der Waals surface area (Å²) in [6.07, 6.45) is 6.24. The average Bonchev–Trinajstić information content (AvgIpc) is 2.98. The van der Waals surface area contributed by atoms with Crippen molar-refractivity contribution in [2.45, 2.75) is 52.5 Å². The Morgan fingerprint density at radius 3 is 2.65 bits per heavy atom. The quantitative estimate of drug-likeness (QED) is 0.814. The molecule has 0 saturated heterocycles. The summed E-state index contributed by atoms with van der Waals surface area (Å²) in [6.45, 7) is 12.4. The second-order valence-corrected chi connectivity index (χ2v) is 7.02. The number of nitrogens with zero attached hydrogens (tertiary/aromatic N) is 5. The van der Waals surface area contributed by atoms with E-state index >= 15 is 0 Å². The third-order valence-corrected chi connectivity index (χ3v) is 4.83. The first kappa shape index (κ1) is 15.7. The van der Waals surface area contributed by atoms with Crippen LogP contribution in [-0.2, 0) is 0 Å². The number of aryl methyl sites for hydroxylation is 1. The van der Waals surface area contributed by atoms with Gasteiger partial charge in [0.05, 0.1) is 6.21 Å². The zero-order valence-corrected chi connectivity index (χ0v) is 14.6. The van der Waals surface area contributed by atoms with Crippen molar-refractivity contribution in [3.63, 3.8) is 0 Å². The van der Waals surface area contributed by atoms with Crippen molar-refractivity contribution in [2.24, 2.45) is 5.10 Å². The van der Waals surface area contributed by atoms with Crippen LogP contribution in [-0.4, -0.2) is 33.2 Å². The fourth-order valence-electron chi connectivity index (χ4n) is 3.77. The summed E-state index contributed by atoms with van der Waals surface area (Å²) in [4.78, 5) is 2.52. The van der Waals surface area contributed by atoms with Crippen LogP contribution in [0.5, 0.6) is 0 Å². The molecule has 0 bridgehead atoms. The lowest BCUT2D eigenvalue weighted by atomic mass is 9.79. The largest absolute Gasteiger partial charge is 0.366 e. The van der Waals surface area contributed by atoms with Crippen LogP contribution in [0, 0.1) is 6.92 Å². The third-order valence-electron chi connectivity index (χ3n) is 4.83. The Hall–Kier alpha value is -2.17. The summed E-state index contributed by atoms with van der Waals surface area (Å²) in [6, 6.07) is 4.60. The van der Waals surface area contributed by atoms with E-state index in [1.165, 1.54) is 23.2 Å². The highest BCUT2D eigenvalue weighted by molar-refractivity contribution is 5.84. The van der Waals surface area contributed by atoms with Gasteiger partial charge in [0.1, 0.15) is 12.7 Å². The first-order chi connectivity index (χ1) is 10.9. The zero-order valence-electron chi connectivity index (χ0n) is 14.6. The number of benzene rings is 1. The van der Waals surface area contributed by atoms with Crippen molar-refractivity contribution in [1.82, 2.24) is 14.9 Å². The van der Waals surface area contributed by atoms with Crippen LogP contribution in [0.1, 0.15) is 56.7 Å². The molecule has 0 spiro atoms. The second kappa shape index (κ2) is 5.80. The van der Waals surface area contributed by atoms with E-state index in [1.54, 1.807) is 17.3 Å². The van der Waals surface area contributed by atoms with Gasteiger partial charge in [-0.05, 0) is 68.9 Å². The molecule has 0 saturated carbocycles. The molecule has 1 aromatic carbocycles. The Morgan fingerprint density at radius 2 is 2.00 bits per heavy atom. The summed E-state index contributed by atoms with van der Waals surface area (Å²) >= 11 is 0. The van der Waals surface area contributed by atoms with E-state index in [0.29, 0.717) is 5.92 Å². The first-order valence-corrected chi connectivity index (χ1v) is 8.23. The normalized spacial score (nSPS) is 20.0. The van der Waals surface area contributed by atoms with Crippen LogP contribution < -0.4 is 4.90 Å². The molecule has 0 amide bonds. The van der Waals surface area contributed by atoms with Crippen molar-refractivity contribution < 1.29 is 0 Å². The Morgan fingerprint density at radius 1 is 1.30 bits per heavy atom. The van der Waals surface area contributed by atoms with Gasteiger partial charge in [-0.2, -0.15) is 5.10 Å². The van der Waals surface area contributed by atoms with Crippen molar-refractivity contribution in [3.05, 3.63) is 41.5 Å². The third kappa shape index (κ3) is 2.87. The van der Waals surface area contributed by atoms with E-state index in [1.807, 2.05) is 6.21 Å². The molecule has 0 aliphatic carbocycles. The van der Waals surface area contributed by atoms with Crippen molar-refractivity contribution >= 4 is 11.9 Å². The summed E-state index contributed by atoms with van der Waals surface area (Å²) in [5.41, 5.74) is 5.38.